The molecule has 0 aliphatic carbocycles. The number of carbonyl (C=O) groups is 2. The predicted molar refractivity (Wildman–Crippen MR) is 126 cm³/mol. The number of benzene rings is 2. The number of aromatic nitrogens is 1. The van der Waals surface area contributed by atoms with E-state index in [9.17, 15) is 9.59 Å². The minimum absolute atomic E-state index is 0.0596. The van der Waals surface area contributed by atoms with Crippen LogP contribution in [0, 0.1) is 0 Å². The average Bonchev–Trinajstić information content (AvgIpc) is 3.33. The number of anilines is 1. The van der Waals surface area contributed by atoms with Crippen LogP contribution in [0.2, 0.25) is 0 Å². The molecule has 1 aliphatic heterocycles. The van der Waals surface area contributed by atoms with Crippen molar-refractivity contribution in [1.82, 2.24) is 20.5 Å². The van der Waals surface area contributed by atoms with Gasteiger partial charge < -0.3 is 21.3 Å². The van der Waals surface area contributed by atoms with E-state index in [1.165, 1.54) is 0 Å². The maximum absolute atomic E-state index is 13.3. The average molecular weight is 433 g/mol. The van der Waals surface area contributed by atoms with Gasteiger partial charge in [0.05, 0.1) is 6.04 Å². The van der Waals surface area contributed by atoms with Gasteiger partial charge in [-0.1, -0.05) is 42.5 Å². The molecule has 2 heterocycles. The number of nitrogens with two attached hydrogens (primary N) is 1. The van der Waals surface area contributed by atoms with Gasteiger partial charge in [-0.25, -0.2) is 4.98 Å². The molecule has 0 saturated carbocycles. The summed E-state index contributed by atoms with van der Waals surface area (Å²) in [4.78, 5) is 32.0. The molecule has 2 amide bonds. The lowest BCUT2D eigenvalue weighted by Gasteiger charge is -2.28. The Labute approximate surface area is 189 Å². The van der Waals surface area contributed by atoms with Crippen LogP contribution >= 0.6 is 0 Å². The van der Waals surface area contributed by atoms with Gasteiger partial charge in [0.15, 0.2) is 0 Å². The first kappa shape index (κ1) is 20.5. The van der Waals surface area contributed by atoms with Crippen molar-refractivity contribution in [3.05, 3.63) is 71.9 Å². The highest BCUT2D eigenvalue weighted by molar-refractivity contribution is 5.92. The third-order valence-electron chi connectivity index (χ3n) is 5.99. The fourth-order valence-corrected chi connectivity index (χ4v) is 4.27. The number of hydrogen-bond acceptors (Lipinski definition) is 5. The van der Waals surface area contributed by atoms with Crippen LogP contribution in [0.3, 0.4) is 0 Å². The first-order valence-electron chi connectivity index (χ1n) is 11.6. The minimum Gasteiger partial charge on any atom is -0.383 e. The highest BCUT2D eigenvalue weighted by Gasteiger charge is 2.36. The topological polar surface area (TPSA) is 100 Å². The van der Waals surface area contributed by atoms with E-state index in [-0.39, 0.29) is 18.8 Å². The minimum atomic E-state index is -0.530. The standard InChI is InChI=1S/C25H29N5O2/c1-27-21(15-17-6-3-2-4-7-17)25(32)30-13-5-8-22(30)24(31)29-16-18-9-10-20-19(14-18)11-12-28-23(20)26/h2-4,6-7,9-12,14,21-22,27H,5,8,13,15-16H2,1H3,(H2,26,28)(H,29,31)/t21-,22-/m0/s1/i1D. The molecule has 1 fully saturated rings. The molecule has 1 aliphatic rings. The van der Waals surface area contributed by atoms with E-state index in [4.69, 9.17) is 7.10 Å². The van der Waals surface area contributed by atoms with Crippen molar-refractivity contribution in [2.75, 3.05) is 19.3 Å². The van der Waals surface area contributed by atoms with Crippen molar-refractivity contribution in [3.63, 3.8) is 0 Å². The highest BCUT2D eigenvalue weighted by Crippen LogP contribution is 2.22. The third-order valence-corrected chi connectivity index (χ3v) is 5.99. The monoisotopic (exact) mass is 432 g/mol. The van der Waals surface area contributed by atoms with Crippen LogP contribution < -0.4 is 16.4 Å². The zero-order chi connectivity index (χ0) is 23.2. The summed E-state index contributed by atoms with van der Waals surface area (Å²) in [7, 11) is -0.0596. The second kappa shape index (κ2) is 9.78. The van der Waals surface area contributed by atoms with Crippen molar-refractivity contribution in [1.29, 1.82) is 0 Å². The number of amides is 2. The van der Waals surface area contributed by atoms with Crippen molar-refractivity contribution >= 4 is 28.4 Å². The fourth-order valence-electron chi connectivity index (χ4n) is 4.27. The van der Waals surface area contributed by atoms with E-state index in [2.05, 4.69) is 15.6 Å². The zero-order valence-electron chi connectivity index (χ0n) is 19.0. The Kier molecular flexibility index (Phi) is 6.25. The van der Waals surface area contributed by atoms with Crippen LogP contribution in [0.25, 0.3) is 10.8 Å². The number of carbonyl (C=O) groups excluding carboxylic acids is 2. The fraction of sp³-hybridized carbons (Fsp3) is 0.320. The van der Waals surface area contributed by atoms with Crippen molar-refractivity contribution in [3.8, 4) is 0 Å². The molecule has 32 heavy (non-hydrogen) atoms. The molecule has 4 N–H and O–H groups in total. The summed E-state index contributed by atoms with van der Waals surface area (Å²) < 4.78 is 7.56. The Bertz CT molecular complexity index is 1120. The number of pyridine rings is 1. The number of likely N-dealkylation sites (N-methyl/N-ethyl adjacent to an activating group) is 1. The molecule has 1 aromatic heterocycles. The lowest BCUT2D eigenvalue weighted by atomic mass is 10.0. The number of hydrogen-bond donors (Lipinski definition) is 3. The first-order chi connectivity index (χ1) is 16.1. The van der Waals surface area contributed by atoms with Crippen molar-refractivity contribution < 1.29 is 11.0 Å². The number of fused-ring (bicyclic) bond motifs is 1. The summed E-state index contributed by atoms with van der Waals surface area (Å²) in [6.07, 6.45) is 3.57. The Morgan fingerprint density at radius 2 is 2.06 bits per heavy atom. The molecule has 3 aromatic rings. The molecule has 0 bridgehead atoms. The Morgan fingerprint density at radius 3 is 2.88 bits per heavy atom. The van der Waals surface area contributed by atoms with E-state index in [0.717, 1.165) is 28.3 Å². The zero-order valence-corrected chi connectivity index (χ0v) is 18.0. The van der Waals surface area contributed by atoms with Gasteiger partial charge >= 0.3 is 0 Å². The van der Waals surface area contributed by atoms with Gasteiger partial charge in [0, 0.05) is 26.0 Å². The molecule has 7 heteroatoms. The Morgan fingerprint density at radius 1 is 1.22 bits per heavy atom. The predicted octanol–water partition coefficient (Wildman–Crippen LogP) is 2.25. The first-order valence-corrected chi connectivity index (χ1v) is 10.8. The van der Waals surface area contributed by atoms with E-state index in [1.807, 2.05) is 54.6 Å². The molecular formula is C25H29N5O2. The van der Waals surface area contributed by atoms with Gasteiger partial charge in [-0.3, -0.25) is 9.59 Å². The molecular weight excluding hydrogens is 402 g/mol. The highest BCUT2D eigenvalue weighted by atomic mass is 16.2. The molecule has 2 atom stereocenters. The molecule has 2 aromatic carbocycles. The smallest absolute Gasteiger partial charge is 0.243 e. The van der Waals surface area contributed by atoms with E-state index in [1.54, 1.807) is 11.1 Å². The van der Waals surface area contributed by atoms with Crippen LogP contribution in [0.5, 0.6) is 0 Å². The largest absolute Gasteiger partial charge is 0.383 e. The molecule has 0 unspecified atom stereocenters. The summed E-state index contributed by atoms with van der Waals surface area (Å²) in [6, 6.07) is 16.4. The van der Waals surface area contributed by atoms with Crippen molar-refractivity contribution in [2.45, 2.75) is 37.9 Å². The summed E-state index contributed by atoms with van der Waals surface area (Å²) >= 11 is 0. The normalized spacial score (nSPS) is 17.2. The van der Waals surface area contributed by atoms with Crippen LogP contribution in [-0.2, 0) is 22.6 Å². The molecule has 1 saturated heterocycles. The van der Waals surface area contributed by atoms with Crippen LogP contribution in [0.15, 0.2) is 60.8 Å². The lowest BCUT2D eigenvalue weighted by molar-refractivity contribution is -0.140. The summed E-state index contributed by atoms with van der Waals surface area (Å²) in [5.74, 6) is 0.200. The van der Waals surface area contributed by atoms with Crippen LogP contribution in [0.4, 0.5) is 5.82 Å². The maximum Gasteiger partial charge on any atom is 0.243 e. The number of rotatable bonds is 7. The maximum atomic E-state index is 13.3. The van der Waals surface area contributed by atoms with Gasteiger partial charge in [0.25, 0.3) is 0 Å². The Hall–Kier alpha value is -3.45. The summed E-state index contributed by atoms with van der Waals surface area (Å²) in [5.41, 5.74) is 7.89. The molecule has 0 spiro atoms. The van der Waals surface area contributed by atoms with Gasteiger partial charge in [0.1, 0.15) is 11.9 Å². The SMILES string of the molecule is [2H]CN[C@@H](Cc1ccccc1)C(=O)N1CCC[C@H]1C(=O)NCc1ccc2c(N)nccc2c1. The summed E-state index contributed by atoms with van der Waals surface area (Å²) in [6.45, 7) is 0.915. The van der Waals surface area contributed by atoms with Gasteiger partial charge in [0.2, 0.25) is 11.8 Å². The number of nitrogens with one attached hydrogen (secondary N) is 2. The quantitative estimate of drug-likeness (QED) is 0.532. The second-order valence-electron chi connectivity index (χ2n) is 8.11. The summed E-state index contributed by atoms with van der Waals surface area (Å²) in [5, 5.41) is 7.81. The van der Waals surface area contributed by atoms with E-state index >= 15 is 0 Å². The second-order valence-corrected chi connectivity index (χ2v) is 8.11. The van der Waals surface area contributed by atoms with E-state index in [0.29, 0.717) is 31.7 Å². The molecule has 166 valence electrons. The van der Waals surface area contributed by atoms with Crippen LogP contribution in [-0.4, -0.2) is 47.4 Å². The third kappa shape index (κ3) is 4.73. The van der Waals surface area contributed by atoms with Gasteiger partial charge in [-0.05, 0) is 54.9 Å². The molecule has 0 radical (unpaired) electrons. The number of likely N-dealkylation sites (tertiary alicyclic amines) is 1. The van der Waals surface area contributed by atoms with Crippen LogP contribution in [0.1, 0.15) is 25.3 Å². The number of nitrogens with zero attached hydrogens (tertiary/aromatic N) is 2. The van der Waals surface area contributed by atoms with Gasteiger partial charge in [-0.2, -0.15) is 0 Å². The molecule has 7 nitrogen and oxygen atoms in total. The lowest BCUT2D eigenvalue weighted by Crippen LogP contribution is -2.52. The van der Waals surface area contributed by atoms with Crippen molar-refractivity contribution in [2.24, 2.45) is 0 Å². The Balaban J connectivity index is 1.41. The van der Waals surface area contributed by atoms with E-state index < -0.39 is 12.1 Å². The van der Waals surface area contributed by atoms with Gasteiger partial charge in [-0.15, -0.1) is 0 Å². The molecule has 4 rings (SSSR count). The number of nitrogen functional groups attached to an aromatic ring is 1.